The fourth-order valence-electron chi connectivity index (χ4n) is 2.85. The highest BCUT2D eigenvalue weighted by molar-refractivity contribution is 5.18. The van der Waals surface area contributed by atoms with E-state index < -0.39 is 6.10 Å². The molecule has 1 aromatic carbocycles. The van der Waals surface area contributed by atoms with E-state index in [0.717, 1.165) is 31.4 Å². The number of hydrogen-bond acceptors (Lipinski definition) is 2. The van der Waals surface area contributed by atoms with E-state index in [2.05, 4.69) is 31.9 Å². The van der Waals surface area contributed by atoms with Crippen LogP contribution in [0.15, 0.2) is 55.6 Å². The Kier molecular flexibility index (Phi) is 8.03. The van der Waals surface area contributed by atoms with E-state index in [1.807, 2.05) is 42.5 Å². The molecule has 116 valence electrons. The summed E-state index contributed by atoms with van der Waals surface area (Å²) >= 11 is 0. The third kappa shape index (κ3) is 5.14. The molecular weight excluding hydrogens is 258 g/mol. The first kappa shape index (κ1) is 17.7. The van der Waals surface area contributed by atoms with Crippen LogP contribution in [0.1, 0.15) is 44.8 Å². The van der Waals surface area contributed by atoms with Gasteiger partial charge in [0.05, 0.1) is 6.10 Å². The van der Waals surface area contributed by atoms with E-state index in [9.17, 15) is 5.11 Å². The Hall–Kier alpha value is -1.38. The molecular formula is C19H29NO. The molecule has 0 radical (unpaired) electrons. The normalized spacial score (nSPS) is 15.4. The van der Waals surface area contributed by atoms with E-state index in [1.165, 1.54) is 0 Å². The summed E-state index contributed by atoms with van der Waals surface area (Å²) < 4.78 is 0. The zero-order chi connectivity index (χ0) is 15.7. The van der Waals surface area contributed by atoms with Crippen LogP contribution in [0.4, 0.5) is 0 Å². The maximum absolute atomic E-state index is 10.7. The van der Waals surface area contributed by atoms with Crippen LogP contribution < -0.4 is 0 Å². The second-order valence-electron chi connectivity index (χ2n) is 5.55. The van der Waals surface area contributed by atoms with Gasteiger partial charge in [-0.05, 0) is 25.3 Å². The minimum atomic E-state index is -0.490. The average Bonchev–Trinajstić information content (AvgIpc) is 2.52. The van der Waals surface area contributed by atoms with Crippen LogP contribution in [0.3, 0.4) is 0 Å². The van der Waals surface area contributed by atoms with Crippen molar-refractivity contribution in [3.05, 3.63) is 61.2 Å². The number of nitrogens with zero attached hydrogens (tertiary/aromatic N) is 1. The van der Waals surface area contributed by atoms with Gasteiger partial charge in [-0.1, -0.05) is 55.8 Å². The summed E-state index contributed by atoms with van der Waals surface area (Å²) in [5.41, 5.74) is 0.966. The van der Waals surface area contributed by atoms with Gasteiger partial charge in [0.25, 0.3) is 0 Å². The summed E-state index contributed by atoms with van der Waals surface area (Å²) in [4.78, 5) is 2.34. The summed E-state index contributed by atoms with van der Waals surface area (Å²) in [6.07, 6.45) is 6.56. The largest absolute Gasteiger partial charge is 0.387 e. The SMILES string of the molecule is C=CC[C@@H](CCC)N(CC=C)[C@@H](C)[C@H](O)c1ccccc1. The molecule has 1 N–H and O–H groups in total. The monoisotopic (exact) mass is 287 g/mol. The zero-order valence-corrected chi connectivity index (χ0v) is 13.4. The summed E-state index contributed by atoms with van der Waals surface area (Å²) in [6.45, 7) is 12.8. The van der Waals surface area contributed by atoms with Gasteiger partial charge in [0.2, 0.25) is 0 Å². The molecule has 0 spiro atoms. The summed E-state index contributed by atoms with van der Waals surface area (Å²) in [7, 11) is 0. The number of benzene rings is 1. The first-order chi connectivity index (χ1) is 10.2. The van der Waals surface area contributed by atoms with Crippen LogP contribution in [0, 0.1) is 0 Å². The second-order valence-corrected chi connectivity index (χ2v) is 5.55. The van der Waals surface area contributed by atoms with Gasteiger partial charge >= 0.3 is 0 Å². The summed E-state index contributed by atoms with van der Waals surface area (Å²) in [5, 5.41) is 10.7. The van der Waals surface area contributed by atoms with E-state index >= 15 is 0 Å². The van der Waals surface area contributed by atoms with Crippen LogP contribution in [0.5, 0.6) is 0 Å². The molecule has 0 heterocycles. The van der Waals surface area contributed by atoms with E-state index in [1.54, 1.807) is 0 Å². The molecule has 21 heavy (non-hydrogen) atoms. The predicted octanol–water partition coefficient (Wildman–Crippen LogP) is 4.34. The first-order valence-corrected chi connectivity index (χ1v) is 7.86. The highest BCUT2D eigenvalue weighted by Gasteiger charge is 2.27. The van der Waals surface area contributed by atoms with Crippen LogP contribution >= 0.6 is 0 Å². The van der Waals surface area contributed by atoms with Crippen molar-refractivity contribution in [1.82, 2.24) is 4.90 Å². The molecule has 2 nitrogen and oxygen atoms in total. The average molecular weight is 287 g/mol. The quantitative estimate of drug-likeness (QED) is 0.647. The Balaban J connectivity index is 2.91. The van der Waals surface area contributed by atoms with Gasteiger partial charge in [-0.25, -0.2) is 0 Å². The Labute approximate surface area is 129 Å². The fraction of sp³-hybridized carbons (Fsp3) is 0.474. The number of rotatable bonds is 10. The van der Waals surface area contributed by atoms with Crippen molar-refractivity contribution >= 4 is 0 Å². The molecule has 0 aromatic heterocycles. The van der Waals surface area contributed by atoms with Crippen LogP contribution in [0.25, 0.3) is 0 Å². The van der Waals surface area contributed by atoms with Crippen molar-refractivity contribution in [2.75, 3.05) is 6.54 Å². The number of hydrogen-bond donors (Lipinski definition) is 1. The predicted molar refractivity (Wildman–Crippen MR) is 91.3 cm³/mol. The Morgan fingerprint density at radius 1 is 1.19 bits per heavy atom. The molecule has 0 unspecified atom stereocenters. The Morgan fingerprint density at radius 3 is 2.38 bits per heavy atom. The number of aliphatic hydroxyl groups excluding tert-OH is 1. The molecule has 1 rings (SSSR count). The molecule has 0 fully saturated rings. The molecule has 0 bridgehead atoms. The van der Waals surface area contributed by atoms with Crippen LogP contribution in [-0.2, 0) is 0 Å². The molecule has 0 aliphatic carbocycles. The topological polar surface area (TPSA) is 23.5 Å². The van der Waals surface area contributed by atoms with Crippen molar-refractivity contribution < 1.29 is 5.11 Å². The van der Waals surface area contributed by atoms with Gasteiger partial charge in [0.15, 0.2) is 0 Å². The van der Waals surface area contributed by atoms with Gasteiger partial charge in [-0.2, -0.15) is 0 Å². The van der Waals surface area contributed by atoms with Crippen molar-refractivity contribution in [3.63, 3.8) is 0 Å². The highest BCUT2D eigenvalue weighted by atomic mass is 16.3. The molecule has 2 heteroatoms. The third-order valence-electron chi connectivity index (χ3n) is 3.99. The van der Waals surface area contributed by atoms with Crippen LogP contribution in [-0.4, -0.2) is 28.6 Å². The Bertz CT molecular complexity index is 415. The van der Waals surface area contributed by atoms with Crippen molar-refractivity contribution in [2.45, 2.75) is 51.3 Å². The van der Waals surface area contributed by atoms with Crippen molar-refractivity contribution in [1.29, 1.82) is 0 Å². The molecule has 0 amide bonds. The molecule has 3 atom stereocenters. The maximum atomic E-state index is 10.7. The highest BCUT2D eigenvalue weighted by Crippen LogP contribution is 2.25. The van der Waals surface area contributed by atoms with Gasteiger partial charge in [-0.3, -0.25) is 4.90 Å². The molecule has 0 saturated carbocycles. The van der Waals surface area contributed by atoms with Gasteiger partial charge in [-0.15, -0.1) is 13.2 Å². The molecule has 1 aromatic rings. The lowest BCUT2D eigenvalue weighted by molar-refractivity contribution is 0.0372. The lowest BCUT2D eigenvalue weighted by atomic mass is 9.98. The van der Waals surface area contributed by atoms with E-state index in [-0.39, 0.29) is 6.04 Å². The minimum absolute atomic E-state index is 0.0434. The van der Waals surface area contributed by atoms with E-state index in [0.29, 0.717) is 6.04 Å². The molecule has 0 aliphatic heterocycles. The van der Waals surface area contributed by atoms with Gasteiger partial charge < -0.3 is 5.11 Å². The van der Waals surface area contributed by atoms with E-state index in [4.69, 9.17) is 0 Å². The van der Waals surface area contributed by atoms with Crippen molar-refractivity contribution in [3.8, 4) is 0 Å². The molecule has 0 saturated heterocycles. The number of aliphatic hydroxyl groups is 1. The van der Waals surface area contributed by atoms with Gasteiger partial charge in [0, 0.05) is 18.6 Å². The first-order valence-electron chi connectivity index (χ1n) is 7.86. The summed E-state index contributed by atoms with van der Waals surface area (Å²) in [5.74, 6) is 0. The molecule has 0 aliphatic rings. The smallest absolute Gasteiger partial charge is 0.0942 e. The third-order valence-corrected chi connectivity index (χ3v) is 3.99. The maximum Gasteiger partial charge on any atom is 0.0942 e. The summed E-state index contributed by atoms with van der Waals surface area (Å²) in [6, 6.07) is 10.3. The fourth-order valence-corrected chi connectivity index (χ4v) is 2.85. The lowest BCUT2D eigenvalue weighted by Gasteiger charge is -2.38. The Morgan fingerprint density at radius 2 is 1.86 bits per heavy atom. The standard InChI is InChI=1S/C19H29NO/c1-5-11-18(12-6-2)20(15-7-3)16(4)19(21)17-13-9-8-10-14-17/h5,7-10,13-14,16,18-19,21H,1,3,6,11-12,15H2,2,4H3/t16-,18-,19-/m0/s1. The van der Waals surface area contributed by atoms with Gasteiger partial charge in [0.1, 0.15) is 0 Å². The van der Waals surface area contributed by atoms with Crippen LogP contribution in [0.2, 0.25) is 0 Å². The second kappa shape index (κ2) is 9.54. The minimum Gasteiger partial charge on any atom is -0.387 e. The lowest BCUT2D eigenvalue weighted by Crippen LogP contribution is -2.44. The zero-order valence-electron chi connectivity index (χ0n) is 13.4. The van der Waals surface area contributed by atoms with Crippen molar-refractivity contribution in [2.24, 2.45) is 0 Å².